The Morgan fingerprint density at radius 2 is 2.38 bits per heavy atom. The van der Waals surface area contributed by atoms with Gasteiger partial charge < -0.3 is 20.8 Å². The Kier molecular flexibility index (Phi) is 2.72. The molecule has 0 spiro atoms. The summed E-state index contributed by atoms with van der Waals surface area (Å²) in [5.74, 6) is 0. The molecule has 2 unspecified atom stereocenters. The molecule has 76 valence electrons. The van der Waals surface area contributed by atoms with Crippen LogP contribution < -0.4 is 5.73 Å². The first-order valence-electron chi connectivity index (χ1n) is 4.04. The van der Waals surface area contributed by atoms with Crippen molar-refractivity contribution in [3.05, 3.63) is 0 Å². The predicted octanol–water partition coefficient (Wildman–Crippen LogP) is -0.602. The third-order valence-electron chi connectivity index (χ3n) is 2.32. The van der Waals surface area contributed by atoms with Gasteiger partial charge in [-0.15, -0.1) is 0 Å². The number of nitrogens with zero attached hydrogens (tertiary/aromatic N) is 1. The minimum atomic E-state index is -1.71. The van der Waals surface area contributed by atoms with Crippen LogP contribution in [0.15, 0.2) is 0 Å². The van der Waals surface area contributed by atoms with E-state index in [-0.39, 0.29) is 26.1 Å². The highest BCUT2D eigenvalue weighted by molar-refractivity contribution is 5.65. The van der Waals surface area contributed by atoms with E-state index >= 15 is 0 Å². The molecule has 0 saturated carbocycles. The summed E-state index contributed by atoms with van der Waals surface area (Å²) >= 11 is 0. The first-order valence-corrected chi connectivity index (χ1v) is 4.04. The van der Waals surface area contributed by atoms with Crippen molar-refractivity contribution in [2.75, 3.05) is 19.6 Å². The van der Waals surface area contributed by atoms with Crippen molar-refractivity contribution in [3.8, 4) is 0 Å². The van der Waals surface area contributed by atoms with Crippen LogP contribution in [-0.2, 0) is 0 Å². The molecular weight excluding hydrogens is 179 g/mol. The molecule has 0 aromatic heterocycles. The third-order valence-corrected chi connectivity index (χ3v) is 2.32. The van der Waals surface area contributed by atoms with Crippen LogP contribution in [-0.4, -0.2) is 52.6 Å². The number of nitrogens with two attached hydrogens (primary N) is 1. The van der Waals surface area contributed by atoms with E-state index in [0.717, 1.165) is 4.90 Å². The Morgan fingerprint density at radius 3 is 2.85 bits per heavy atom. The SMILES string of the molecule is NCC1(O)CN(C(=O)O)CCC1F. The van der Waals surface area contributed by atoms with Crippen LogP contribution in [0.2, 0.25) is 0 Å². The van der Waals surface area contributed by atoms with Crippen molar-refractivity contribution in [2.24, 2.45) is 5.73 Å². The molecule has 1 saturated heterocycles. The van der Waals surface area contributed by atoms with Gasteiger partial charge in [-0.25, -0.2) is 9.18 Å². The van der Waals surface area contributed by atoms with E-state index in [1.807, 2.05) is 0 Å². The van der Waals surface area contributed by atoms with Gasteiger partial charge in [-0.2, -0.15) is 0 Å². The number of rotatable bonds is 1. The van der Waals surface area contributed by atoms with Crippen LogP contribution in [0.5, 0.6) is 0 Å². The molecule has 6 heteroatoms. The number of β-amino-alcohol motifs (C(OH)–C–C–N with tert-alkyl or cyclic N) is 1. The first-order chi connectivity index (χ1) is 5.99. The van der Waals surface area contributed by atoms with E-state index in [1.165, 1.54) is 0 Å². The van der Waals surface area contributed by atoms with E-state index in [9.17, 15) is 14.3 Å². The minimum absolute atomic E-state index is 0. The van der Waals surface area contributed by atoms with Crippen molar-refractivity contribution in [2.45, 2.75) is 18.2 Å². The van der Waals surface area contributed by atoms with Gasteiger partial charge in [0.1, 0.15) is 11.8 Å². The van der Waals surface area contributed by atoms with Crippen molar-refractivity contribution in [3.63, 3.8) is 0 Å². The molecular formula is C7H13FN2O3. The molecule has 1 aliphatic rings. The van der Waals surface area contributed by atoms with Crippen LogP contribution in [0, 0.1) is 0 Å². The molecule has 1 amide bonds. The maximum absolute atomic E-state index is 13.1. The van der Waals surface area contributed by atoms with E-state index in [0.29, 0.717) is 0 Å². The summed E-state index contributed by atoms with van der Waals surface area (Å²) in [7, 11) is 0. The maximum atomic E-state index is 13.1. The van der Waals surface area contributed by atoms with E-state index in [4.69, 9.17) is 10.8 Å². The summed E-state index contributed by atoms with van der Waals surface area (Å²) in [5.41, 5.74) is 3.47. The Balaban J connectivity index is 2.68. The quantitative estimate of drug-likeness (QED) is 0.517. The number of halogens is 1. The summed E-state index contributed by atoms with van der Waals surface area (Å²) in [4.78, 5) is 11.5. The number of carboxylic acid groups (broad SMARTS) is 1. The van der Waals surface area contributed by atoms with Crippen LogP contribution in [0.4, 0.5) is 9.18 Å². The second kappa shape index (κ2) is 3.47. The number of aliphatic hydroxyl groups is 1. The smallest absolute Gasteiger partial charge is 0.407 e. The summed E-state index contributed by atoms with van der Waals surface area (Å²) in [6.07, 6.45) is -2.59. The molecule has 0 radical (unpaired) electrons. The molecule has 4 N–H and O–H groups in total. The van der Waals surface area contributed by atoms with Crippen LogP contribution in [0.1, 0.15) is 6.42 Å². The second-order valence-electron chi connectivity index (χ2n) is 3.27. The van der Waals surface area contributed by atoms with E-state index in [1.54, 1.807) is 0 Å². The Hall–Kier alpha value is -0.880. The lowest BCUT2D eigenvalue weighted by Gasteiger charge is -2.39. The van der Waals surface area contributed by atoms with Gasteiger partial charge in [-0.1, -0.05) is 0 Å². The van der Waals surface area contributed by atoms with Gasteiger partial charge in [-0.3, -0.25) is 0 Å². The molecule has 13 heavy (non-hydrogen) atoms. The average molecular weight is 192 g/mol. The molecule has 0 aliphatic carbocycles. The molecule has 0 bridgehead atoms. The van der Waals surface area contributed by atoms with E-state index < -0.39 is 17.9 Å². The summed E-state index contributed by atoms with van der Waals surface area (Å²) in [6.45, 7) is -0.406. The Bertz CT molecular complexity index is 214. The van der Waals surface area contributed by atoms with Gasteiger partial charge in [-0.05, 0) is 6.42 Å². The number of hydrogen-bond acceptors (Lipinski definition) is 3. The average Bonchev–Trinajstić information content (AvgIpc) is 2.09. The third kappa shape index (κ3) is 1.89. The lowest BCUT2D eigenvalue weighted by atomic mass is 9.91. The summed E-state index contributed by atoms with van der Waals surface area (Å²) in [6, 6.07) is 0. The number of carbonyl (C=O) groups is 1. The van der Waals surface area contributed by atoms with Crippen molar-refractivity contribution in [1.82, 2.24) is 4.90 Å². The zero-order valence-corrected chi connectivity index (χ0v) is 7.11. The Labute approximate surface area is 74.9 Å². The number of hydrogen-bond donors (Lipinski definition) is 3. The normalized spacial score (nSPS) is 34.7. The molecule has 1 rings (SSSR count). The molecule has 1 heterocycles. The summed E-state index contributed by atoms with van der Waals surface area (Å²) < 4.78 is 13.1. The fourth-order valence-corrected chi connectivity index (χ4v) is 1.40. The maximum Gasteiger partial charge on any atom is 0.407 e. The van der Waals surface area contributed by atoms with Crippen molar-refractivity contribution < 1.29 is 19.4 Å². The minimum Gasteiger partial charge on any atom is -0.465 e. The van der Waals surface area contributed by atoms with Gasteiger partial charge in [0.05, 0.1) is 6.54 Å². The Morgan fingerprint density at radius 1 is 1.77 bits per heavy atom. The highest BCUT2D eigenvalue weighted by Gasteiger charge is 2.42. The molecule has 1 fully saturated rings. The number of piperidine rings is 1. The fourth-order valence-electron chi connectivity index (χ4n) is 1.40. The molecule has 5 nitrogen and oxygen atoms in total. The van der Waals surface area contributed by atoms with Gasteiger partial charge >= 0.3 is 6.09 Å². The predicted molar refractivity (Wildman–Crippen MR) is 43.1 cm³/mol. The summed E-state index contributed by atoms with van der Waals surface area (Å²) in [5, 5.41) is 18.2. The lowest BCUT2D eigenvalue weighted by molar-refractivity contribution is -0.0753. The van der Waals surface area contributed by atoms with Crippen LogP contribution in [0.3, 0.4) is 0 Å². The monoisotopic (exact) mass is 192 g/mol. The zero-order chi connectivity index (χ0) is 10.1. The zero-order valence-electron chi connectivity index (χ0n) is 7.11. The molecule has 0 aromatic rings. The largest absolute Gasteiger partial charge is 0.465 e. The van der Waals surface area contributed by atoms with Crippen LogP contribution >= 0.6 is 0 Å². The van der Waals surface area contributed by atoms with Gasteiger partial charge in [0.15, 0.2) is 0 Å². The van der Waals surface area contributed by atoms with E-state index in [2.05, 4.69) is 0 Å². The second-order valence-corrected chi connectivity index (χ2v) is 3.27. The molecule has 1 aliphatic heterocycles. The molecule has 0 aromatic carbocycles. The fraction of sp³-hybridized carbons (Fsp3) is 0.857. The topological polar surface area (TPSA) is 86.8 Å². The van der Waals surface area contributed by atoms with Gasteiger partial charge in [0.2, 0.25) is 0 Å². The number of amides is 1. The highest BCUT2D eigenvalue weighted by Crippen LogP contribution is 2.23. The van der Waals surface area contributed by atoms with Crippen molar-refractivity contribution >= 4 is 6.09 Å². The van der Waals surface area contributed by atoms with Crippen molar-refractivity contribution in [1.29, 1.82) is 0 Å². The molecule has 2 atom stereocenters. The number of likely N-dealkylation sites (tertiary alicyclic amines) is 1. The lowest BCUT2D eigenvalue weighted by Crippen LogP contribution is -2.60. The van der Waals surface area contributed by atoms with Gasteiger partial charge in [0.25, 0.3) is 0 Å². The van der Waals surface area contributed by atoms with Gasteiger partial charge in [0, 0.05) is 13.1 Å². The first kappa shape index (κ1) is 10.2. The number of alkyl halides is 1. The standard InChI is InChI=1S/C7H13FN2O3/c8-5-1-2-10(6(11)12)4-7(5,13)3-9/h5,13H,1-4,9H2,(H,11,12). The van der Waals surface area contributed by atoms with Crippen LogP contribution in [0.25, 0.3) is 0 Å². The highest BCUT2D eigenvalue weighted by atomic mass is 19.1.